The molecule has 2 rings (SSSR count). The van der Waals surface area contributed by atoms with Gasteiger partial charge in [-0.25, -0.2) is 0 Å². The lowest BCUT2D eigenvalue weighted by atomic mass is 10.1. The first-order valence-corrected chi connectivity index (χ1v) is 8.33. The summed E-state index contributed by atoms with van der Waals surface area (Å²) in [4.78, 5) is 11.9. The van der Waals surface area contributed by atoms with Crippen LogP contribution in [0.2, 0.25) is 0 Å². The lowest BCUT2D eigenvalue weighted by Crippen LogP contribution is -2.25. The van der Waals surface area contributed by atoms with E-state index >= 15 is 0 Å². The van der Waals surface area contributed by atoms with Crippen LogP contribution < -0.4 is 14.8 Å². The molecule has 0 radical (unpaired) electrons. The van der Waals surface area contributed by atoms with Gasteiger partial charge in [0.25, 0.3) is 5.91 Å². The molecule has 6 heteroatoms. The highest BCUT2D eigenvalue weighted by Crippen LogP contribution is 2.27. The molecule has 0 unspecified atom stereocenters. The van der Waals surface area contributed by atoms with Crippen LogP contribution in [0.15, 0.2) is 29.6 Å². The zero-order valence-electron chi connectivity index (χ0n) is 11.8. The lowest BCUT2D eigenvalue weighted by Gasteiger charge is -2.10. The molecule has 0 spiro atoms. The van der Waals surface area contributed by atoms with Crippen LogP contribution in [-0.4, -0.2) is 26.7 Å². The van der Waals surface area contributed by atoms with Crippen molar-refractivity contribution in [2.24, 2.45) is 0 Å². The van der Waals surface area contributed by atoms with Crippen LogP contribution in [0.3, 0.4) is 0 Å². The highest BCUT2D eigenvalue weighted by molar-refractivity contribution is 14.1. The third kappa shape index (κ3) is 4.34. The zero-order valence-corrected chi connectivity index (χ0v) is 14.8. The van der Waals surface area contributed by atoms with E-state index in [9.17, 15) is 4.79 Å². The van der Waals surface area contributed by atoms with Crippen LogP contribution in [0.1, 0.15) is 15.9 Å². The molecular weight excluding hydrogens is 401 g/mol. The average molecular weight is 417 g/mol. The molecule has 0 saturated heterocycles. The van der Waals surface area contributed by atoms with Crippen molar-refractivity contribution in [1.82, 2.24) is 5.32 Å². The molecule has 0 aliphatic carbocycles. The Balaban J connectivity index is 1.90. The molecule has 1 aromatic carbocycles. The largest absolute Gasteiger partial charge is 0.493 e. The van der Waals surface area contributed by atoms with Gasteiger partial charge in [-0.15, -0.1) is 11.3 Å². The predicted octanol–water partition coefficient (Wildman–Crippen LogP) is 3.34. The summed E-state index contributed by atoms with van der Waals surface area (Å²) in [7, 11) is 3.22. The van der Waals surface area contributed by atoms with Gasteiger partial charge in [0.1, 0.15) is 0 Å². The van der Waals surface area contributed by atoms with Crippen LogP contribution in [0, 0.1) is 2.88 Å². The molecule has 0 atom stereocenters. The maximum absolute atomic E-state index is 11.9. The topological polar surface area (TPSA) is 47.6 Å². The number of rotatable bonds is 6. The van der Waals surface area contributed by atoms with Crippen molar-refractivity contribution < 1.29 is 14.3 Å². The Morgan fingerprint density at radius 1 is 1.24 bits per heavy atom. The summed E-state index contributed by atoms with van der Waals surface area (Å²) in [5.41, 5.74) is 1.81. The van der Waals surface area contributed by atoms with Gasteiger partial charge in [0.2, 0.25) is 0 Å². The number of carbonyl (C=O) groups excluding carboxylic acids is 1. The van der Waals surface area contributed by atoms with Gasteiger partial charge in [0.05, 0.1) is 22.7 Å². The summed E-state index contributed by atoms with van der Waals surface area (Å²) in [5.74, 6) is 1.38. The maximum Gasteiger partial charge on any atom is 0.252 e. The van der Waals surface area contributed by atoms with Gasteiger partial charge in [-0.3, -0.25) is 4.79 Å². The Morgan fingerprint density at radius 3 is 2.62 bits per heavy atom. The van der Waals surface area contributed by atoms with E-state index in [4.69, 9.17) is 9.47 Å². The van der Waals surface area contributed by atoms with Gasteiger partial charge >= 0.3 is 0 Å². The van der Waals surface area contributed by atoms with E-state index in [1.165, 1.54) is 0 Å². The Bertz CT molecular complexity index is 627. The maximum atomic E-state index is 11.9. The molecule has 1 aromatic heterocycles. The van der Waals surface area contributed by atoms with Crippen LogP contribution in [0.4, 0.5) is 0 Å². The fourth-order valence-electron chi connectivity index (χ4n) is 1.89. The lowest BCUT2D eigenvalue weighted by molar-refractivity contribution is 0.0954. The van der Waals surface area contributed by atoms with Gasteiger partial charge in [-0.05, 0) is 52.8 Å². The minimum absolute atomic E-state index is 0.0327. The third-order valence-electron chi connectivity index (χ3n) is 2.98. The normalized spacial score (nSPS) is 10.2. The molecule has 4 nitrogen and oxygen atoms in total. The second kappa shape index (κ2) is 7.65. The van der Waals surface area contributed by atoms with Crippen molar-refractivity contribution in [2.75, 3.05) is 20.8 Å². The standard InChI is InChI=1S/C15H16INO3S/c1-19-12-4-3-10(7-13(12)20-2)5-6-17-15(18)11-8-14(16)21-9-11/h3-4,7-9H,5-6H2,1-2H3,(H,17,18). The molecular formula is C15H16INO3S. The Morgan fingerprint density at radius 2 is 2.00 bits per heavy atom. The number of hydrogen-bond acceptors (Lipinski definition) is 4. The van der Waals surface area contributed by atoms with Gasteiger partial charge < -0.3 is 14.8 Å². The number of ether oxygens (including phenoxy) is 2. The number of amides is 1. The molecule has 2 aromatic rings. The highest BCUT2D eigenvalue weighted by atomic mass is 127. The van der Waals surface area contributed by atoms with Crippen LogP contribution in [0.5, 0.6) is 11.5 Å². The summed E-state index contributed by atoms with van der Waals surface area (Å²) >= 11 is 3.78. The molecule has 0 fully saturated rings. The first-order chi connectivity index (χ1) is 10.1. The van der Waals surface area contributed by atoms with Crippen molar-refractivity contribution >= 4 is 39.8 Å². The minimum Gasteiger partial charge on any atom is -0.493 e. The predicted molar refractivity (Wildman–Crippen MR) is 92.6 cm³/mol. The summed E-state index contributed by atoms with van der Waals surface area (Å²) in [5, 5.41) is 4.79. The molecule has 0 saturated carbocycles. The summed E-state index contributed by atoms with van der Waals surface area (Å²) in [6.07, 6.45) is 0.743. The van der Waals surface area contributed by atoms with Gasteiger partial charge in [0, 0.05) is 11.9 Å². The molecule has 1 heterocycles. The SMILES string of the molecule is COc1ccc(CCNC(=O)c2csc(I)c2)cc1OC. The van der Waals surface area contributed by atoms with E-state index in [1.807, 2.05) is 29.6 Å². The first-order valence-electron chi connectivity index (χ1n) is 6.37. The van der Waals surface area contributed by atoms with Crippen molar-refractivity contribution in [3.8, 4) is 11.5 Å². The highest BCUT2D eigenvalue weighted by Gasteiger charge is 2.08. The Labute approximate surface area is 141 Å². The van der Waals surface area contributed by atoms with E-state index in [-0.39, 0.29) is 5.91 Å². The smallest absolute Gasteiger partial charge is 0.252 e. The van der Waals surface area contributed by atoms with Crippen LogP contribution in [-0.2, 0) is 6.42 Å². The Kier molecular flexibility index (Phi) is 5.86. The number of carbonyl (C=O) groups is 1. The van der Waals surface area contributed by atoms with Crippen molar-refractivity contribution in [3.63, 3.8) is 0 Å². The molecule has 0 aliphatic rings. The Hall–Kier alpha value is -1.28. The minimum atomic E-state index is -0.0327. The molecule has 1 N–H and O–H groups in total. The summed E-state index contributed by atoms with van der Waals surface area (Å²) in [6, 6.07) is 7.66. The van der Waals surface area contributed by atoms with Crippen molar-refractivity contribution in [3.05, 3.63) is 43.7 Å². The van der Waals surface area contributed by atoms with Gasteiger partial charge in [-0.2, -0.15) is 0 Å². The number of nitrogens with one attached hydrogen (secondary N) is 1. The average Bonchev–Trinajstić information content (AvgIpc) is 2.93. The fraction of sp³-hybridized carbons (Fsp3) is 0.267. The number of methoxy groups -OCH3 is 2. The second-order valence-corrected chi connectivity index (χ2v) is 7.14. The number of halogens is 1. The van der Waals surface area contributed by atoms with E-state index in [1.54, 1.807) is 25.6 Å². The van der Waals surface area contributed by atoms with E-state index < -0.39 is 0 Å². The van der Waals surface area contributed by atoms with E-state index in [0.29, 0.717) is 18.0 Å². The van der Waals surface area contributed by atoms with E-state index in [2.05, 4.69) is 27.9 Å². The van der Waals surface area contributed by atoms with Gasteiger partial charge in [0.15, 0.2) is 11.5 Å². The number of benzene rings is 1. The van der Waals surface area contributed by atoms with Crippen molar-refractivity contribution in [2.45, 2.75) is 6.42 Å². The molecule has 112 valence electrons. The van der Waals surface area contributed by atoms with Crippen LogP contribution >= 0.6 is 33.9 Å². The molecule has 1 amide bonds. The van der Waals surface area contributed by atoms with Crippen LogP contribution in [0.25, 0.3) is 0 Å². The second-order valence-electron chi connectivity index (χ2n) is 4.33. The summed E-state index contributed by atoms with van der Waals surface area (Å²) in [6.45, 7) is 0.584. The fourth-order valence-corrected chi connectivity index (χ4v) is 3.21. The molecule has 0 aliphatic heterocycles. The number of hydrogen-bond donors (Lipinski definition) is 1. The van der Waals surface area contributed by atoms with E-state index in [0.717, 1.165) is 20.4 Å². The zero-order chi connectivity index (χ0) is 15.2. The third-order valence-corrected chi connectivity index (χ3v) is 4.77. The van der Waals surface area contributed by atoms with Gasteiger partial charge in [-0.1, -0.05) is 6.07 Å². The molecule has 0 bridgehead atoms. The quantitative estimate of drug-likeness (QED) is 0.734. The monoisotopic (exact) mass is 417 g/mol. The van der Waals surface area contributed by atoms with Crippen molar-refractivity contribution in [1.29, 1.82) is 0 Å². The first kappa shape index (κ1) is 16.1. The summed E-state index contributed by atoms with van der Waals surface area (Å²) < 4.78 is 11.6. The number of thiophene rings is 1. The molecule has 21 heavy (non-hydrogen) atoms.